The van der Waals surface area contributed by atoms with Gasteiger partial charge in [-0.3, -0.25) is 4.90 Å². The normalized spacial score (nSPS) is 19.1. The van der Waals surface area contributed by atoms with Crippen molar-refractivity contribution in [3.8, 4) is 23.0 Å². The van der Waals surface area contributed by atoms with Gasteiger partial charge in [-0.1, -0.05) is 30.7 Å². The zero-order valence-electron chi connectivity index (χ0n) is 20.4. The van der Waals surface area contributed by atoms with Crippen molar-refractivity contribution in [2.24, 2.45) is 0 Å². The lowest BCUT2D eigenvalue weighted by molar-refractivity contribution is 0.125. The van der Waals surface area contributed by atoms with E-state index in [0.29, 0.717) is 18.4 Å². The first kappa shape index (κ1) is 23.3. The number of aromatic hydroxyl groups is 2. The fourth-order valence-corrected chi connectivity index (χ4v) is 5.11. The topological polar surface area (TPSA) is 62.2 Å². The second-order valence-corrected chi connectivity index (χ2v) is 9.59. The van der Waals surface area contributed by atoms with Crippen LogP contribution < -0.4 is 9.47 Å². The summed E-state index contributed by atoms with van der Waals surface area (Å²) in [5.41, 5.74) is 5.06. The Morgan fingerprint density at radius 2 is 1.60 bits per heavy atom. The molecule has 0 radical (unpaired) electrons. The van der Waals surface area contributed by atoms with Crippen molar-refractivity contribution in [2.75, 3.05) is 19.7 Å². The summed E-state index contributed by atoms with van der Waals surface area (Å²) in [6.07, 6.45) is 3.53. The predicted octanol–water partition coefficient (Wildman–Crippen LogP) is 6.42. The third kappa shape index (κ3) is 5.01. The van der Waals surface area contributed by atoms with E-state index in [2.05, 4.69) is 18.7 Å². The lowest BCUT2D eigenvalue weighted by Gasteiger charge is -2.32. The van der Waals surface area contributed by atoms with Crippen LogP contribution in [0.4, 0.5) is 0 Å². The number of likely N-dealkylation sites (tertiary alicyclic amines) is 1. The average Bonchev–Trinajstić information content (AvgIpc) is 2.88. The molecule has 0 amide bonds. The highest BCUT2D eigenvalue weighted by molar-refractivity contribution is 5.95. The summed E-state index contributed by atoms with van der Waals surface area (Å²) >= 11 is 0. The van der Waals surface area contributed by atoms with E-state index >= 15 is 0 Å². The van der Waals surface area contributed by atoms with Crippen molar-refractivity contribution >= 4 is 11.1 Å². The molecule has 2 atom stereocenters. The molecule has 182 valence electrons. The van der Waals surface area contributed by atoms with Crippen molar-refractivity contribution in [3.05, 3.63) is 83.4 Å². The largest absolute Gasteiger partial charge is 0.508 e. The minimum absolute atomic E-state index is 0.176. The lowest BCUT2D eigenvalue weighted by atomic mass is 9.86. The number of rotatable bonds is 6. The summed E-state index contributed by atoms with van der Waals surface area (Å²) in [4.78, 5) is 2.51. The van der Waals surface area contributed by atoms with Gasteiger partial charge in [0.15, 0.2) is 0 Å². The van der Waals surface area contributed by atoms with Crippen LogP contribution in [0.2, 0.25) is 0 Å². The number of nitrogens with zero attached hydrogens (tertiary/aromatic N) is 1. The molecule has 0 bridgehead atoms. The molecular formula is C30H33NO4. The van der Waals surface area contributed by atoms with Crippen molar-refractivity contribution < 1.29 is 19.7 Å². The van der Waals surface area contributed by atoms with Crippen LogP contribution in [0.5, 0.6) is 23.0 Å². The van der Waals surface area contributed by atoms with Gasteiger partial charge in [0.25, 0.3) is 0 Å². The lowest BCUT2D eigenvalue weighted by Crippen LogP contribution is -2.40. The number of phenols is 2. The molecule has 0 spiro atoms. The van der Waals surface area contributed by atoms with Crippen LogP contribution in [-0.4, -0.2) is 40.9 Å². The van der Waals surface area contributed by atoms with Crippen LogP contribution in [-0.2, 0) is 0 Å². The maximum absolute atomic E-state index is 10.0. The van der Waals surface area contributed by atoms with E-state index in [0.717, 1.165) is 46.7 Å². The Hall–Kier alpha value is -3.44. The van der Waals surface area contributed by atoms with E-state index in [-0.39, 0.29) is 17.6 Å². The molecule has 3 aromatic rings. The Kier molecular flexibility index (Phi) is 6.69. The van der Waals surface area contributed by atoms with Crippen molar-refractivity contribution in [1.82, 2.24) is 4.90 Å². The summed E-state index contributed by atoms with van der Waals surface area (Å²) < 4.78 is 12.6. The van der Waals surface area contributed by atoms with Crippen molar-refractivity contribution in [2.45, 2.75) is 45.3 Å². The molecule has 0 aliphatic carbocycles. The Balaban J connectivity index is 1.40. The number of phenolic OH excluding ortho intramolecular Hbond substituents is 2. The summed E-state index contributed by atoms with van der Waals surface area (Å²) in [5.74, 6) is 1.91. The number of benzene rings is 3. The molecule has 5 heteroatoms. The molecule has 5 rings (SSSR count). The third-order valence-electron chi connectivity index (χ3n) is 7.15. The Morgan fingerprint density at radius 1 is 0.914 bits per heavy atom. The quantitative estimate of drug-likeness (QED) is 0.435. The molecule has 2 heterocycles. The standard InChI is InChI=1S/C30H33NO4/c1-20(31-16-4-3-5-17-31)19-34-26-13-8-23(9-14-26)30-29(22-6-10-24(32)11-7-22)21(2)27-15-12-25(33)18-28(27)35-30/h6-15,18,20,30,32-33H,3-5,16-17,19H2,1-2H3/t20-,30?/m0/s1. The maximum Gasteiger partial charge on any atom is 0.150 e. The number of hydrogen-bond acceptors (Lipinski definition) is 5. The van der Waals surface area contributed by atoms with Crippen LogP contribution >= 0.6 is 0 Å². The average molecular weight is 472 g/mol. The fourth-order valence-electron chi connectivity index (χ4n) is 5.11. The van der Waals surface area contributed by atoms with Crippen LogP contribution in [0, 0.1) is 0 Å². The van der Waals surface area contributed by atoms with E-state index in [1.165, 1.54) is 19.3 Å². The van der Waals surface area contributed by atoms with Gasteiger partial charge in [0.05, 0.1) is 0 Å². The minimum atomic E-state index is -0.352. The van der Waals surface area contributed by atoms with E-state index < -0.39 is 0 Å². The van der Waals surface area contributed by atoms with Crippen LogP contribution in [0.25, 0.3) is 11.1 Å². The van der Waals surface area contributed by atoms with Gasteiger partial charge in [-0.05, 0) is 92.9 Å². The molecule has 1 saturated heterocycles. The Labute approximate surface area is 207 Å². The van der Waals surface area contributed by atoms with Gasteiger partial charge in [-0.25, -0.2) is 0 Å². The number of piperidine rings is 1. The second-order valence-electron chi connectivity index (χ2n) is 9.59. The van der Waals surface area contributed by atoms with Crippen molar-refractivity contribution in [3.63, 3.8) is 0 Å². The first-order chi connectivity index (χ1) is 17.0. The summed E-state index contributed by atoms with van der Waals surface area (Å²) in [6, 6.07) is 20.9. The molecule has 0 aromatic heterocycles. The first-order valence-corrected chi connectivity index (χ1v) is 12.5. The highest BCUT2D eigenvalue weighted by atomic mass is 16.5. The molecule has 3 aromatic carbocycles. The number of fused-ring (bicyclic) bond motifs is 1. The van der Waals surface area contributed by atoms with Gasteiger partial charge >= 0.3 is 0 Å². The smallest absolute Gasteiger partial charge is 0.150 e. The molecule has 2 aliphatic rings. The van der Waals surface area contributed by atoms with Crippen LogP contribution in [0.1, 0.15) is 55.9 Å². The number of ether oxygens (including phenoxy) is 2. The molecule has 5 nitrogen and oxygen atoms in total. The highest BCUT2D eigenvalue weighted by Crippen LogP contribution is 2.47. The molecule has 2 aliphatic heterocycles. The monoisotopic (exact) mass is 471 g/mol. The van der Waals surface area contributed by atoms with Gasteiger partial charge in [-0.15, -0.1) is 0 Å². The molecule has 1 unspecified atom stereocenters. The zero-order valence-corrected chi connectivity index (χ0v) is 20.4. The fraction of sp³-hybridized carbons (Fsp3) is 0.333. The van der Waals surface area contributed by atoms with Crippen LogP contribution in [0.3, 0.4) is 0 Å². The minimum Gasteiger partial charge on any atom is -0.508 e. The predicted molar refractivity (Wildman–Crippen MR) is 139 cm³/mol. The molecule has 0 saturated carbocycles. The van der Waals surface area contributed by atoms with E-state index in [9.17, 15) is 10.2 Å². The molecule has 1 fully saturated rings. The summed E-state index contributed by atoms with van der Waals surface area (Å²) in [5, 5.41) is 19.8. The highest BCUT2D eigenvalue weighted by Gasteiger charge is 2.29. The SMILES string of the molecule is CC1=C(c2ccc(O)cc2)C(c2ccc(OC[C@H](C)N3CCCCC3)cc2)Oc2cc(O)ccc21. The van der Waals surface area contributed by atoms with Gasteiger partial charge in [0.1, 0.15) is 35.7 Å². The Bertz CT molecular complexity index is 1190. The number of hydrogen-bond donors (Lipinski definition) is 2. The molecule has 2 N–H and O–H groups in total. The van der Waals surface area contributed by atoms with Gasteiger partial charge in [-0.2, -0.15) is 0 Å². The van der Waals surface area contributed by atoms with E-state index in [1.807, 2.05) is 42.5 Å². The third-order valence-corrected chi connectivity index (χ3v) is 7.15. The van der Waals surface area contributed by atoms with E-state index in [1.54, 1.807) is 24.3 Å². The Morgan fingerprint density at radius 3 is 2.31 bits per heavy atom. The summed E-state index contributed by atoms with van der Waals surface area (Å²) in [7, 11) is 0. The number of allylic oxidation sites excluding steroid dienone is 1. The maximum atomic E-state index is 10.0. The van der Waals surface area contributed by atoms with Crippen molar-refractivity contribution in [1.29, 1.82) is 0 Å². The van der Waals surface area contributed by atoms with E-state index in [4.69, 9.17) is 9.47 Å². The molecular weight excluding hydrogens is 438 g/mol. The first-order valence-electron chi connectivity index (χ1n) is 12.5. The van der Waals surface area contributed by atoms with Gasteiger partial charge in [0, 0.05) is 23.2 Å². The van der Waals surface area contributed by atoms with Gasteiger partial charge in [0.2, 0.25) is 0 Å². The molecule has 35 heavy (non-hydrogen) atoms. The van der Waals surface area contributed by atoms with Crippen LogP contribution in [0.15, 0.2) is 66.7 Å². The summed E-state index contributed by atoms with van der Waals surface area (Å²) in [6.45, 7) is 7.30. The zero-order chi connectivity index (χ0) is 24.4. The van der Waals surface area contributed by atoms with Gasteiger partial charge < -0.3 is 19.7 Å². The second kappa shape index (κ2) is 10.0.